The first-order chi connectivity index (χ1) is 10.6. The van der Waals surface area contributed by atoms with Gasteiger partial charge < -0.3 is 10.2 Å². The van der Waals surface area contributed by atoms with Crippen LogP contribution in [0.1, 0.15) is 36.8 Å². The predicted octanol–water partition coefficient (Wildman–Crippen LogP) is 4.47. The Balaban J connectivity index is 1.80. The molecule has 0 fully saturated rings. The Morgan fingerprint density at radius 3 is 2.55 bits per heavy atom. The average molecular weight is 316 g/mol. The maximum atomic E-state index is 12.3. The van der Waals surface area contributed by atoms with Crippen LogP contribution in [-0.2, 0) is 6.42 Å². The van der Waals surface area contributed by atoms with Crippen molar-refractivity contribution in [3.8, 4) is 0 Å². The van der Waals surface area contributed by atoms with Crippen LogP contribution in [0.25, 0.3) is 0 Å². The SMILES string of the molecule is CC(CCc1ccccc1)NC(=O)N(C)C(C)c1cccs1. The Hall–Kier alpha value is -1.81. The summed E-state index contributed by atoms with van der Waals surface area (Å²) >= 11 is 1.68. The van der Waals surface area contributed by atoms with Gasteiger partial charge in [-0.15, -0.1) is 11.3 Å². The zero-order valence-electron chi connectivity index (χ0n) is 13.5. The predicted molar refractivity (Wildman–Crippen MR) is 93.3 cm³/mol. The third-order valence-electron chi connectivity index (χ3n) is 3.93. The highest BCUT2D eigenvalue weighted by Crippen LogP contribution is 2.23. The molecule has 0 aliphatic heterocycles. The molecule has 2 rings (SSSR count). The monoisotopic (exact) mass is 316 g/mol. The number of carbonyl (C=O) groups excluding carboxylic acids is 1. The van der Waals surface area contributed by atoms with Crippen LogP contribution in [0.15, 0.2) is 47.8 Å². The second-order valence-corrected chi connectivity index (χ2v) is 6.66. The van der Waals surface area contributed by atoms with Gasteiger partial charge in [-0.3, -0.25) is 0 Å². The van der Waals surface area contributed by atoms with E-state index in [4.69, 9.17) is 0 Å². The molecule has 1 N–H and O–H groups in total. The maximum Gasteiger partial charge on any atom is 0.317 e. The minimum atomic E-state index is -0.0125. The number of aryl methyl sites for hydroxylation is 1. The number of nitrogens with one attached hydrogen (secondary N) is 1. The number of carbonyl (C=O) groups is 1. The molecular formula is C18H24N2OS. The summed E-state index contributed by atoms with van der Waals surface area (Å²) in [6.07, 6.45) is 1.92. The first-order valence-corrected chi connectivity index (χ1v) is 8.56. The van der Waals surface area contributed by atoms with Crippen molar-refractivity contribution in [2.75, 3.05) is 7.05 Å². The van der Waals surface area contributed by atoms with Crippen LogP contribution in [0.4, 0.5) is 4.79 Å². The smallest absolute Gasteiger partial charge is 0.317 e. The van der Waals surface area contributed by atoms with E-state index in [-0.39, 0.29) is 18.1 Å². The Morgan fingerprint density at radius 1 is 1.18 bits per heavy atom. The van der Waals surface area contributed by atoms with Crippen LogP contribution in [0.3, 0.4) is 0 Å². The molecule has 2 unspecified atom stereocenters. The number of urea groups is 1. The molecule has 0 saturated carbocycles. The molecule has 4 heteroatoms. The molecule has 22 heavy (non-hydrogen) atoms. The first kappa shape index (κ1) is 16.6. The standard InChI is InChI=1S/C18H24N2OS/c1-14(11-12-16-8-5-4-6-9-16)19-18(21)20(3)15(2)17-10-7-13-22-17/h4-10,13-15H,11-12H2,1-3H3,(H,19,21). The number of benzene rings is 1. The Morgan fingerprint density at radius 2 is 1.91 bits per heavy atom. The minimum absolute atomic E-state index is 0.0125. The third-order valence-corrected chi connectivity index (χ3v) is 4.98. The van der Waals surface area contributed by atoms with Crippen LogP contribution in [0.2, 0.25) is 0 Å². The number of rotatable bonds is 6. The van der Waals surface area contributed by atoms with Crippen LogP contribution in [0.5, 0.6) is 0 Å². The summed E-state index contributed by atoms with van der Waals surface area (Å²) in [4.78, 5) is 15.3. The van der Waals surface area contributed by atoms with E-state index < -0.39 is 0 Å². The summed E-state index contributed by atoms with van der Waals surface area (Å²) in [7, 11) is 1.85. The van der Waals surface area contributed by atoms with Crippen LogP contribution in [-0.4, -0.2) is 24.0 Å². The second-order valence-electron chi connectivity index (χ2n) is 5.68. The highest BCUT2D eigenvalue weighted by Gasteiger charge is 2.19. The van der Waals surface area contributed by atoms with Crippen molar-refractivity contribution in [3.63, 3.8) is 0 Å². The number of thiophene rings is 1. The molecule has 2 aromatic rings. The zero-order chi connectivity index (χ0) is 15.9. The van der Waals surface area contributed by atoms with Crippen molar-refractivity contribution in [2.45, 2.75) is 38.8 Å². The number of amides is 2. The van der Waals surface area contributed by atoms with Gasteiger partial charge in [-0.05, 0) is 43.7 Å². The van der Waals surface area contributed by atoms with Crippen molar-refractivity contribution in [1.29, 1.82) is 0 Å². The second kappa shape index (κ2) is 7.99. The molecule has 118 valence electrons. The molecule has 3 nitrogen and oxygen atoms in total. The van der Waals surface area contributed by atoms with Crippen LogP contribution in [0, 0.1) is 0 Å². The van der Waals surface area contributed by atoms with E-state index in [2.05, 4.69) is 49.5 Å². The fraction of sp³-hybridized carbons (Fsp3) is 0.389. The minimum Gasteiger partial charge on any atom is -0.336 e. The molecule has 1 heterocycles. The lowest BCUT2D eigenvalue weighted by atomic mass is 10.1. The quantitative estimate of drug-likeness (QED) is 0.837. The lowest BCUT2D eigenvalue weighted by Crippen LogP contribution is -2.42. The molecule has 1 aromatic heterocycles. The normalized spacial score (nSPS) is 13.4. The molecule has 2 amide bonds. The Kier molecular flexibility index (Phi) is 6.01. The van der Waals surface area contributed by atoms with Gasteiger partial charge in [0.15, 0.2) is 0 Å². The topological polar surface area (TPSA) is 32.3 Å². The summed E-state index contributed by atoms with van der Waals surface area (Å²) in [5.41, 5.74) is 1.31. The summed E-state index contributed by atoms with van der Waals surface area (Å²) in [5.74, 6) is 0. The highest BCUT2D eigenvalue weighted by atomic mass is 32.1. The summed E-state index contributed by atoms with van der Waals surface area (Å²) in [5, 5.41) is 5.13. The largest absolute Gasteiger partial charge is 0.336 e. The maximum absolute atomic E-state index is 12.3. The fourth-order valence-corrected chi connectivity index (χ4v) is 3.13. The van der Waals surface area contributed by atoms with Crippen molar-refractivity contribution in [3.05, 3.63) is 58.3 Å². The number of nitrogens with zero attached hydrogens (tertiary/aromatic N) is 1. The number of hydrogen-bond donors (Lipinski definition) is 1. The molecule has 0 aliphatic rings. The summed E-state index contributed by atoms with van der Waals surface area (Å²) in [6.45, 7) is 4.12. The van der Waals surface area contributed by atoms with Gasteiger partial charge in [0.05, 0.1) is 6.04 Å². The third kappa shape index (κ3) is 4.60. The van der Waals surface area contributed by atoms with Crippen molar-refractivity contribution in [2.24, 2.45) is 0 Å². The van der Waals surface area contributed by atoms with Gasteiger partial charge in [0.1, 0.15) is 0 Å². The van der Waals surface area contributed by atoms with E-state index in [1.807, 2.05) is 24.6 Å². The van der Waals surface area contributed by atoms with Gasteiger partial charge in [-0.25, -0.2) is 4.79 Å². The average Bonchev–Trinajstić information content (AvgIpc) is 3.07. The lowest BCUT2D eigenvalue weighted by Gasteiger charge is -2.26. The van der Waals surface area contributed by atoms with Crippen molar-refractivity contribution < 1.29 is 4.79 Å². The molecule has 0 radical (unpaired) electrons. The van der Waals surface area contributed by atoms with Gasteiger partial charge >= 0.3 is 6.03 Å². The van der Waals surface area contributed by atoms with E-state index in [1.54, 1.807) is 16.2 Å². The molecule has 0 saturated heterocycles. The van der Waals surface area contributed by atoms with Gasteiger partial charge in [0.2, 0.25) is 0 Å². The van der Waals surface area contributed by atoms with E-state index >= 15 is 0 Å². The molecule has 0 aliphatic carbocycles. The highest BCUT2D eigenvalue weighted by molar-refractivity contribution is 7.10. The first-order valence-electron chi connectivity index (χ1n) is 7.68. The van der Waals surface area contributed by atoms with Gasteiger partial charge in [0.25, 0.3) is 0 Å². The molecule has 2 atom stereocenters. The van der Waals surface area contributed by atoms with Crippen LogP contribution >= 0.6 is 11.3 Å². The Labute approximate surface area is 137 Å². The van der Waals surface area contributed by atoms with Crippen LogP contribution < -0.4 is 5.32 Å². The van der Waals surface area contributed by atoms with Gasteiger partial charge in [0, 0.05) is 18.0 Å². The van der Waals surface area contributed by atoms with E-state index in [1.165, 1.54) is 10.4 Å². The van der Waals surface area contributed by atoms with Gasteiger partial charge in [-0.2, -0.15) is 0 Å². The summed E-state index contributed by atoms with van der Waals surface area (Å²) in [6, 6.07) is 14.7. The van der Waals surface area contributed by atoms with Crippen molar-refractivity contribution >= 4 is 17.4 Å². The van der Waals surface area contributed by atoms with E-state index in [0.29, 0.717) is 0 Å². The summed E-state index contributed by atoms with van der Waals surface area (Å²) < 4.78 is 0. The van der Waals surface area contributed by atoms with Crippen molar-refractivity contribution in [1.82, 2.24) is 10.2 Å². The van der Waals surface area contributed by atoms with E-state index in [9.17, 15) is 4.79 Å². The molecular weight excluding hydrogens is 292 g/mol. The van der Waals surface area contributed by atoms with Gasteiger partial charge in [-0.1, -0.05) is 36.4 Å². The fourth-order valence-electron chi connectivity index (χ4n) is 2.31. The zero-order valence-corrected chi connectivity index (χ0v) is 14.3. The number of hydrogen-bond acceptors (Lipinski definition) is 2. The molecule has 0 bridgehead atoms. The molecule has 1 aromatic carbocycles. The lowest BCUT2D eigenvalue weighted by molar-refractivity contribution is 0.191. The molecule has 0 spiro atoms. The Bertz CT molecular complexity index is 568. The van der Waals surface area contributed by atoms with E-state index in [0.717, 1.165) is 12.8 Å².